The molecule has 1 amide bonds. The number of hydrogen-bond donors (Lipinski definition) is 2. The molecule has 1 aromatic heterocycles. The maximum Gasteiger partial charge on any atom is 0.490 e. The first-order valence-corrected chi connectivity index (χ1v) is 10.5. The predicted molar refractivity (Wildman–Crippen MR) is 108 cm³/mol. The monoisotopic (exact) mass is 462 g/mol. The SMILES string of the molecule is CC(C)Nc1ccnc(C2COCCN2C(=O)COC2CCCC2)n1.O=C(O)C(F)(F)F. The molecule has 0 radical (unpaired) electrons. The number of carboxylic acids is 1. The van der Waals surface area contributed by atoms with Crippen LogP contribution in [0.1, 0.15) is 51.4 Å². The lowest BCUT2D eigenvalue weighted by Gasteiger charge is -2.34. The number of halogens is 3. The van der Waals surface area contributed by atoms with Crippen molar-refractivity contribution in [1.82, 2.24) is 14.9 Å². The summed E-state index contributed by atoms with van der Waals surface area (Å²) >= 11 is 0. The van der Waals surface area contributed by atoms with Crippen LogP contribution in [-0.4, -0.2) is 76.5 Å². The summed E-state index contributed by atoms with van der Waals surface area (Å²) in [6.45, 7) is 5.74. The van der Waals surface area contributed by atoms with Crippen LogP contribution in [0.3, 0.4) is 0 Å². The number of nitrogens with zero attached hydrogens (tertiary/aromatic N) is 3. The third kappa shape index (κ3) is 8.23. The van der Waals surface area contributed by atoms with E-state index in [0.717, 1.165) is 18.7 Å². The molecular formula is C20H29F3N4O5. The second-order valence-corrected chi connectivity index (χ2v) is 7.80. The maximum atomic E-state index is 12.7. The van der Waals surface area contributed by atoms with Crippen molar-refractivity contribution in [1.29, 1.82) is 0 Å². The van der Waals surface area contributed by atoms with Crippen molar-refractivity contribution in [3.63, 3.8) is 0 Å². The number of hydrogen-bond acceptors (Lipinski definition) is 7. The molecule has 2 heterocycles. The average Bonchev–Trinajstić information content (AvgIpc) is 3.25. The molecule has 32 heavy (non-hydrogen) atoms. The van der Waals surface area contributed by atoms with Crippen molar-refractivity contribution in [2.45, 2.75) is 63.9 Å². The summed E-state index contributed by atoms with van der Waals surface area (Å²) in [6, 6.07) is 1.85. The van der Waals surface area contributed by atoms with Gasteiger partial charge in [-0.2, -0.15) is 13.2 Å². The molecule has 1 aliphatic carbocycles. The van der Waals surface area contributed by atoms with Crippen LogP contribution in [0.4, 0.5) is 19.0 Å². The van der Waals surface area contributed by atoms with Crippen LogP contribution in [-0.2, 0) is 19.1 Å². The van der Waals surface area contributed by atoms with Gasteiger partial charge in [0.2, 0.25) is 5.91 Å². The minimum Gasteiger partial charge on any atom is -0.475 e. The van der Waals surface area contributed by atoms with E-state index in [0.29, 0.717) is 25.6 Å². The number of ether oxygens (including phenoxy) is 2. The zero-order chi connectivity index (χ0) is 23.7. The van der Waals surface area contributed by atoms with Crippen molar-refractivity contribution < 1.29 is 37.3 Å². The lowest BCUT2D eigenvalue weighted by molar-refractivity contribution is -0.192. The Morgan fingerprint density at radius 1 is 1.34 bits per heavy atom. The Labute approximate surface area is 184 Å². The molecule has 1 aliphatic heterocycles. The van der Waals surface area contributed by atoms with E-state index in [-0.39, 0.29) is 30.7 Å². The van der Waals surface area contributed by atoms with Crippen LogP contribution in [0.2, 0.25) is 0 Å². The highest BCUT2D eigenvalue weighted by atomic mass is 19.4. The molecule has 0 aromatic carbocycles. The van der Waals surface area contributed by atoms with Gasteiger partial charge in [0.15, 0.2) is 5.82 Å². The van der Waals surface area contributed by atoms with E-state index >= 15 is 0 Å². The lowest BCUT2D eigenvalue weighted by Crippen LogP contribution is -2.45. The number of alkyl halides is 3. The summed E-state index contributed by atoms with van der Waals surface area (Å²) in [5.41, 5.74) is 0. The van der Waals surface area contributed by atoms with E-state index in [4.69, 9.17) is 19.4 Å². The predicted octanol–water partition coefficient (Wildman–Crippen LogP) is 2.79. The number of carbonyl (C=O) groups excluding carboxylic acids is 1. The van der Waals surface area contributed by atoms with Crippen LogP contribution in [0.25, 0.3) is 0 Å². The minimum absolute atomic E-state index is 0.00831. The van der Waals surface area contributed by atoms with Gasteiger partial charge in [-0.1, -0.05) is 12.8 Å². The summed E-state index contributed by atoms with van der Waals surface area (Å²) in [4.78, 5) is 32.3. The molecule has 1 atom stereocenters. The molecule has 12 heteroatoms. The zero-order valence-corrected chi connectivity index (χ0v) is 18.1. The normalized spacial score (nSPS) is 19.4. The maximum absolute atomic E-state index is 12.7. The first-order valence-electron chi connectivity index (χ1n) is 10.5. The zero-order valence-electron chi connectivity index (χ0n) is 18.1. The Morgan fingerprint density at radius 3 is 2.59 bits per heavy atom. The number of amides is 1. The molecule has 1 unspecified atom stereocenters. The number of nitrogens with one attached hydrogen (secondary N) is 1. The van der Waals surface area contributed by atoms with Crippen molar-refractivity contribution in [3.05, 3.63) is 18.1 Å². The van der Waals surface area contributed by atoms with Gasteiger partial charge in [0, 0.05) is 18.8 Å². The fourth-order valence-electron chi connectivity index (χ4n) is 3.35. The summed E-state index contributed by atoms with van der Waals surface area (Å²) in [5, 5.41) is 10.4. The molecule has 1 saturated heterocycles. The molecule has 1 aromatic rings. The molecule has 2 aliphatic rings. The van der Waals surface area contributed by atoms with E-state index in [1.165, 1.54) is 12.8 Å². The van der Waals surface area contributed by atoms with Crippen LogP contribution in [0, 0.1) is 0 Å². The number of anilines is 1. The quantitative estimate of drug-likeness (QED) is 0.664. The first-order chi connectivity index (χ1) is 15.1. The van der Waals surface area contributed by atoms with Gasteiger partial charge in [0.25, 0.3) is 0 Å². The van der Waals surface area contributed by atoms with Crippen molar-refractivity contribution in [2.75, 3.05) is 31.7 Å². The van der Waals surface area contributed by atoms with E-state index < -0.39 is 12.1 Å². The summed E-state index contributed by atoms with van der Waals surface area (Å²) < 4.78 is 43.1. The van der Waals surface area contributed by atoms with Crippen LogP contribution >= 0.6 is 0 Å². The second kappa shape index (κ2) is 12.0. The Bertz CT molecular complexity index is 757. The third-order valence-corrected chi connectivity index (χ3v) is 4.84. The fourth-order valence-corrected chi connectivity index (χ4v) is 3.35. The molecule has 1 saturated carbocycles. The standard InChI is InChI=1S/C18H28N4O3.C2HF3O2/c1-13(2)20-16-7-8-19-18(21-16)15-11-24-10-9-22(15)17(23)12-25-14-5-3-4-6-14;3-2(4,5)1(6)7/h7-8,13-15H,3-6,9-12H2,1-2H3,(H,19,20,21);(H,6,7). The highest BCUT2D eigenvalue weighted by Crippen LogP contribution is 2.24. The molecule has 2 N–H and O–H groups in total. The van der Waals surface area contributed by atoms with E-state index in [1.807, 2.05) is 6.07 Å². The fraction of sp³-hybridized carbons (Fsp3) is 0.700. The molecule has 2 fully saturated rings. The Hall–Kier alpha value is -2.47. The Kier molecular flexibility index (Phi) is 9.63. The number of carboxylic acid groups (broad SMARTS) is 1. The Balaban J connectivity index is 0.000000451. The van der Waals surface area contributed by atoms with Crippen molar-refractivity contribution in [3.8, 4) is 0 Å². The minimum atomic E-state index is -5.08. The smallest absolute Gasteiger partial charge is 0.475 e. The average molecular weight is 462 g/mol. The number of aliphatic carboxylic acids is 1. The van der Waals surface area contributed by atoms with Gasteiger partial charge in [-0.3, -0.25) is 4.79 Å². The van der Waals surface area contributed by atoms with Gasteiger partial charge in [0.1, 0.15) is 18.5 Å². The highest BCUT2D eigenvalue weighted by molar-refractivity contribution is 5.78. The van der Waals surface area contributed by atoms with Gasteiger partial charge >= 0.3 is 12.1 Å². The van der Waals surface area contributed by atoms with Crippen molar-refractivity contribution >= 4 is 17.7 Å². The summed E-state index contributed by atoms with van der Waals surface area (Å²) in [7, 11) is 0. The molecule has 9 nitrogen and oxygen atoms in total. The number of carbonyl (C=O) groups is 2. The second-order valence-electron chi connectivity index (χ2n) is 7.80. The lowest BCUT2D eigenvalue weighted by atomic mass is 10.2. The topological polar surface area (TPSA) is 114 Å². The van der Waals surface area contributed by atoms with E-state index in [1.54, 1.807) is 11.1 Å². The molecule has 0 bridgehead atoms. The summed E-state index contributed by atoms with van der Waals surface area (Å²) in [6.07, 6.45) is 1.39. The van der Waals surface area contributed by atoms with Gasteiger partial charge in [0.05, 0.1) is 19.3 Å². The van der Waals surface area contributed by atoms with Gasteiger partial charge in [-0.25, -0.2) is 14.8 Å². The number of rotatable bonds is 6. The van der Waals surface area contributed by atoms with Gasteiger partial charge in [-0.05, 0) is 32.8 Å². The van der Waals surface area contributed by atoms with Crippen LogP contribution in [0.5, 0.6) is 0 Å². The van der Waals surface area contributed by atoms with E-state index in [9.17, 15) is 18.0 Å². The van der Waals surface area contributed by atoms with Gasteiger partial charge < -0.3 is 24.8 Å². The van der Waals surface area contributed by atoms with Gasteiger partial charge in [-0.15, -0.1) is 0 Å². The molecule has 0 spiro atoms. The molecule has 180 valence electrons. The van der Waals surface area contributed by atoms with Crippen molar-refractivity contribution in [2.24, 2.45) is 0 Å². The largest absolute Gasteiger partial charge is 0.490 e. The number of aromatic nitrogens is 2. The molecular weight excluding hydrogens is 433 g/mol. The Morgan fingerprint density at radius 2 is 2.00 bits per heavy atom. The summed E-state index contributed by atoms with van der Waals surface area (Å²) in [5.74, 6) is -1.39. The van der Waals surface area contributed by atoms with Crippen LogP contribution < -0.4 is 5.32 Å². The molecule has 3 rings (SSSR count). The van der Waals surface area contributed by atoms with E-state index in [2.05, 4.69) is 29.1 Å². The number of morpholine rings is 1. The first kappa shape index (κ1) is 25.8. The highest BCUT2D eigenvalue weighted by Gasteiger charge is 2.38. The third-order valence-electron chi connectivity index (χ3n) is 4.84. The van der Waals surface area contributed by atoms with Crippen LogP contribution in [0.15, 0.2) is 12.3 Å².